The van der Waals surface area contributed by atoms with Crippen molar-refractivity contribution < 1.29 is 4.74 Å². The first-order valence-electron chi connectivity index (χ1n) is 10.4. The molecule has 3 aliphatic rings. The molecule has 0 bridgehead atoms. The SMILES string of the molecule is Cc1c(-c2ccc3c(c2)CCO3)nn(CC2CC2)c(=O)c1N1CCN(C)CC1. The van der Waals surface area contributed by atoms with Gasteiger partial charge < -0.3 is 14.5 Å². The number of fused-ring (bicyclic) bond motifs is 1. The lowest BCUT2D eigenvalue weighted by Gasteiger charge is -2.34. The van der Waals surface area contributed by atoms with E-state index in [0.717, 1.165) is 74.0 Å². The summed E-state index contributed by atoms with van der Waals surface area (Å²) in [5, 5.41) is 4.84. The molecule has 1 aromatic carbocycles. The molecule has 2 aliphatic heterocycles. The number of piperazine rings is 1. The smallest absolute Gasteiger partial charge is 0.290 e. The van der Waals surface area contributed by atoms with Gasteiger partial charge in [-0.25, -0.2) is 4.68 Å². The largest absolute Gasteiger partial charge is 0.493 e. The van der Waals surface area contributed by atoms with Gasteiger partial charge in [-0.1, -0.05) is 0 Å². The van der Waals surface area contributed by atoms with E-state index in [1.54, 1.807) is 4.68 Å². The molecule has 1 aliphatic carbocycles. The lowest BCUT2D eigenvalue weighted by molar-refractivity contribution is 0.312. The first-order chi connectivity index (χ1) is 13.6. The van der Waals surface area contributed by atoms with Crippen molar-refractivity contribution in [2.45, 2.75) is 32.7 Å². The van der Waals surface area contributed by atoms with Crippen molar-refractivity contribution in [3.63, 3.8) is 0 Å². The van der Waals surface area contributed by atoms with E-state index < -0.39 is 0 Å². The van der Waals surface area contributed by atoms with Crippen LogP contribution in [-0.2, 0) is 13.0 Å². The van der Waals surface area contributed by atoms with Crippen LogP contribution < -0.4 is 15.2 Å². The first-order valence-corrected chi connectivity index (χ1v) is 10.4. The summed E-state index contributed by atoms with van der Waals surface area (Å²) >= 11 is 0. The van der Waals surface area contributed by atoms with E-state index in [-0.39, 0.29) is 5.56 Å². The van der Waals surface area contributed by atoms with Crippen LogP contribution in [0, 0.1) is 12.8 Å². The standard InChI is InChI=1S/C22H28N4O2/c1-15-20(18-5-6-19-17(13-18)7-12-28-19)23-26(14-16-3-4-16)22(27)21(15)25-10-8-24(2)9-11-25/h5-6,13,16H,3-4,7-12,14H2,1-2H3. The van der Waals surface area contributed by atoms with Crippen LogP contribution in [0.2, 0.25) is 0 Å². The zero-order valence-electron chi connectivity index (χ0n) is 16.8. The number of benzene rings is 1. The van der Waals surface area contributed by atoms with Crippen molar-refractivity contribution in [1.29, 1.82) is 0 Å². The lowest BCUT2D eigenvalue weighted by Crippen LogP contribution is -2.47. The van der Waals surface area contributed by atoms with Crippen LogP contribution in [0.15, 0.2) is 23.0 Å². The second-order valence-electron chi connectivity index (χ2n) is 8.46. The molecular formula is C22H28N4O2. The third-order valence-corrected chi connectivity index (χ3v) is 6.28. The lowest BCUT2D eigenvalue weighted by atomic mass is 10.0. The fourth-order valence-electron chi connectivity index (χ4n) is 4.32. The fraction of sp³-hybridized carbons (Fsp3) is 0.545. The van der Waals surface area contributed by atoms with Gasteiger partial charge in [-0.15, -0.1) is 0 Å². The summed E-state index contributed by atoms with van der Waals surface area (Å²) < 4.78 is 7.40. The Hall–Kier alpha value is -2.34. The molecule has 1 saturated heterocycles. The predicted octanol–water partition coefficient (Wildman–Crippen LogP) is 2.32. The average Bonchev–Trinajstić information content (AvgIpc) is 3.39. The van der Waals surface area contributed by atoms with Crippen LogP contribution in [0.5, 0.6) is 5.75 Å². The molecule has 0 unspecified atom stereocenters. The quantitative estimate of drug-likeness (QED) is 0.815. The highest BCUT2D eigenvalue weighted by Crippen LogP contribution is 2.34. The Bertz CT molecular complexity index is 956. The highest BCUT2D eigenvalue weighted by atomic mass is 16.5. The van der Waals surface area contributed by atoms with Crippen LogP contribution in [-0.4, -0.2) is 54.5 Å². The Balaban J connectivity index is 1.61. The zero-order chi connectivity index (χ0) is 19.3. The molecule has 6 nitrogen and oxygen atoms in total. The van der Waals surface area contributed by atoms with Crippen molar-refractivity contribution in [3.05, 3.63) is 39.7 Å². The van der Waals surface area contributed by atoms with E-state index in [4.69, 9.17) is 9.84 Å². The second-order valence-corrected chi connectivity index (χ2v) is 8.46. The molecule has 0 atom stereocenters. The van der Waals surface area contributed by atoms with Crippen LogP contribution in [0.1, 0.15) is 24.0 Å². The number of hydrogen-bond acceptors (Lipinski definition) is 5. The minimum atomic E-state index is 0.0715. The molecule has 2 fully saturated rings. The maximum atomic E-state index is 13.3. The Morgan fingerprint density at radius 3 is 2.71 bits per heavy atom. The minimum Gasteiger partial charge on any atom is -0.493 e. The Labute approximate surface area is 165 Å². The molecule has 28 heavy (non-hydrogen) atoms. The van der Waals surface area contributed by atoms with Gasteiger partial charge in [-0.2, -0.15) is 5.10 Å². The normalized spacial score (nSPS) is 19.6. The van der Waals surface area contributed by atoms with Crippen molar-refractivity contribution >= 4 is 5.69 Å². The number of ether oxygens (including phenoxy) is 1. The highest BCUT2D eigenvalue weighted by Gasteiger charge is 2.27. The summed E-state index contributed by atoms with van der Waals surface area (Å²) in [5.41, 5.74) is 5.17. The first kappa shape index (κ1) is 17.7. The molecule has 0 N–H and O–H groups in total. The molecule has 1 aromatic heterocycles. The van der Waals surface area contributed by atoms with Crippen LogP contribution in [0.4, 0.5) is 5.69 Å². The van der Waals surface area contributed by atoms with E-state index in [9.17, 15) is 4.79 Å². The van der Waals surface area contributed by atoms with Crippen molar-refractivity contribution in [1.82, 2.24) is 14.7 Å². The topological polar surface area (TPSA) is 50.6 Å². The molecule has 0 radical (unpaired) electrons. The van der Waals surface area contributed by atoms with Crippen molar-refractivity contribution in [2.24, 2.45) is 5.92 Å². The van der Waals surface area contributed by atoms with Gasteiger partial charge in [0.15, 0.2) is 0 Å². The van der Waals surface area contributed by atoms with Gasteiger partial charge in [0.2, 0.25) is 0 Å². The molecule has 148 valence electrons. The van der Waals surface area contributed by atoms with Gasteiger partial charge in [0.05, 0.1) is 12.3 Å². The van der Waals surface area contributed by atoms with Gasteiger partial charge in [-0.3, -0.25) is 4.79 Å². The minimum absolute atomic E-state index is 0.0715. The van der Waals surface area contributed by atoms with E-state index in [1.807, 2.05) is 6.07 Å². The molecule has 5 rings (SSSR count). The molecule has 3 heterocycles. The maximum Gasteiger partial charge on any atom is 0.290 e. The molecule has 6 heteroatoms. The van der Waals surface area contributed by atoms with Gasteiger partial charge in [0.25, 0.3) is 5.56 Å². The third kappa shape index (κ3) is 3.20. The summed E-state index contributed by atoms with van der Waals surface area (Å²) in [6.07, 6.45) is 3.35. The van der Waals surface area contributed by atoms with Gasteiger partial charge >= 0.3 is 0 Å². The molecule has 2 aromatic rings. The van der Waals surface area contributed by atoms with E-state index >= 15 is 0 Å². The predicted molar refractivity (Wildman–Crippen MR) is 110 cm³/mol. The second kappa shape index (κ2) is 6.92. The number of hydrogen-bond donors (Lipinski definition) is 0. The zero-order valence-corrected chi connectivity index (χ0v) is 16.8. The Morgan fingerprint density at radius 2 is 1.96 bits per heavy atom. The highest BCUT2D eigenvalue weighted by molar-refractivity contribution is 5.71. The Kier molecular flexibility index (Phi) is 4.38. The van der Waals surface area contributed by atoms with Gasteiger partial charge in [0.1, 0.15) is 11.4 Å². The van der Waals surface area contributed by atoms with Crippen LogP contribution >= 0.6 is 0 Å². The summed E-state index contributed by atoms with van der Waals surface area (Å²) in [7, 11) is 2.14. The maximum absolute atomic E-state index is 13.3. The monoisotopic (exact) mass is 380 g/mol. The van der Waals surface area contributed by atoms with E-state index in [1.165, 1.54) is 18.4 Å². The third-order valence-electron chi connectivity index (χ3n) is 6.28. The molecular weight excluding hydrogens is 352 g/mol. The van der Waals surface area contributed by atoms with Gasteiger partial charge in [0, 0.05) is 50.3 Å². The number of rotatable bonds is 4. The number of likely N-dealkylation sites (N-methyl/N-ethyl adjacent to an activating group) is 1. The molecule has 0 spiro atoms. The van der Waals surface area contributed by atoms with Crippen LogP contribution in [0.3, 0.4) is 0 Å². The van der Waals surface area contributed by atoms with Crippen LogP contribution in [0.25, 0.3) is 11.3 Å². The van der Waals surface area contributed by atoms with Gasteiger partial charge in [-0.05, 0) is 56.5 Å². The average molecular weight is 380 g/mol. The number of anilines is 1. The molecule has 1 saturated carbocycles. The van der Waals surface area contributed by atoms with E-state index in [0.29, 0.717) is 5.92 Å². The fourth-order valence-corrected chi connectivity index (χ4v) is 4.32. The van der Waals surface area contributed by atoms with Crippen molar-refractivity contribution in [3.8, 4) is 17.0 Å². The summed E-state index contributed by atoms with van der Waals surface area (Å²) in [5.74, 6) is 1.58. The molecule has 0 amide bonds. The van der Waals surface area contributed by atoms with E-state index in [2.05, 4.69) is 35.9 Å². The Morgan fingerprint density at radius 1 is 1.18 bits per heavy atom. The summed E-state index contributed by atoms with van der Waals surface area (Å²) in [4.78, 5) is 17.9. The number of nitrogens with zero attached hydrogens (tertiary/aromatic N) is 4. The summed E-state index contributed by atoms with van der Waals surface area (Å²) in [6.45, 7) is 7.28. The number of aromatic nitrogens is 2. The summed E-state index contributed by atoms with van der Waals surface area (Å²) in [6, 6.07) is 6.32. The van der Waals surface area contributed by atoms with Crippen molar-refractivity contribution in [2.75, 3.05) is 44.7 Å².